The van der Waals surface area contributed by atoms with Gasteiger partial charge in [0.15, 0.2) is 6.61 Å². The Kier molecular flexibility index (Phi) is 6.80. The molecule has 0 aliphatic carbocycles. The number of ether oxygens (including phenoxy) is 1. The Balaban J connectivity index is 1.55. The predicted octanol–water partition coefficient (Wildman–Crippen LogP) is 4.15. The summed E-state index contributed by atoms with van der Waals surface area (Å²) in [6.07, 6.45) is 0.590. The molecule has 0 radical (unpaired) electrons. The molecule has 0 bridgehead atoms. The van der Waals surface area contributed by atoms with Crippen LogP contribution in [0.15, 0.2) is 60.0 Å². The molecule has 1 aliphatic rings. The van der Waals surface area contributed by atoms with Crippen molar-refractivity contribution in [2.75, 3.05) is 26.2 Å². The Labute approximate surface area is 190 Å². The molecule has 166 valence electrons. The molecule has 2 amide bonds. The zero-order valence-electron chi connectivity index (χ0n) is 17.7. The number of rotatable bonds is 5. The van der Waals surface area contributed by atoms with Gasteiger partial charge in [-0.1, -0.05) is 18.2 Å². The van der Waals surface area contributed by atoms with E-state index in [4.69, 9.17) is 9.72 Å². The lowest BCUT2D eigenvalue weighted by Crippen LogP contribution is -2.40. The quantitative estimate of drug-likeness (QED) is 0.582. The minimum atomic E-state index is -0.299. The number of hydrogen-bond acceptors (Lipinski definition) is 5. The highest BCUT2D eigenvalue weighted by Gasteiger charge is 2.32. The Bertz CT molecular complexity index is 1070. The number of nitrogens with zero attached hydrogens (tertiary/aromatic N) is 3. The summed E-state index contributed by atoms with van der Waals surface area (Å²) in [6.45, 7) is 2.89. The highest BCUT2D eigenvalue weighted by molar-refractivity contribution is 7.10. The number of aromatic nitrogens is 1. The topological polar surface area (TPSA) is 62.7 Å². The lowest BCUT2D eigenvalue weighted by molar-refractivity contribution is -0.136. The van der Waals surface area contributed by atoms with Crippen LogP contribution in [-0.2, 0) is 9.59 Å². The number of carbonyl (C=O) groups is 2. The molecule has 3 aromatic rings. The molecule has 0 N–H and O–H groups in total. The van der Waals surface area contributed by atoms with E-state index in [1.165, 1.54) is 23.5 Å². The van der Waals surface area contributed by atoms with Crippen molar-refractivity contribution in [3.8, 4) is 17.0 Å². The summed E-state index contributed by atoms with van der Waals surface area (Å²) >= 11 is 1.47. The standard InChI is InChI=1S/C24H24FN3O3S/c1-17(29)27-12-11-22(24-26-21(16-32-24)18-7-9-19(25)10-8-18)28(14-13-27)23(30)15-31-20-5-3-2-4-6-20/h2-10,16,22H,11-15H2,1H3. The second kappa shape index (κ2) is 9.91. The van der Waals surface area contributed by atoms with Crippen LogP contribution in [0, 0.1) is 5.82 Å². The van der Waals surface area contributed by atoms with E-state index in [-0.39, 0.29) is 30.3 Å². The molecule has 1 aromatic heterocycles. The van der Waals surface area contributed by atoms with E-state index in [2.05, 4.69) is 0 Å². The van der Waals surface area contributed by atoms with Gasteiger partial charge >= 0.3 is 0 Å². The van der Waals surface area contributed by atoms with Gasteiger partial charge in [-0.2, -0.15) is 0 Å². The highest BCUT2D eigenvalue weighted by Crippen LogP contribution is 2.32. The maximum atomic E-state index is 13.3. The third-order valence-corrected chi connectivity index (χ3v) is 6.42. The fraction of sp³-hybridized carbons (Fsp3) is 0.292. The number of carbonyl (C=O) groups excluding carboxylic acids is 2. The van der Waals surface area contributed by atoms with Crippen LogP contribution in [0.25, 0.3) is 11.3 Å². The normalized spacial score (nSPS) is 16.5. The van der Waals surface area contributed by atoms with Crippen LogP contribution in [0.4, 0.5) is 4.39 Å². The Morgan fingerprint density at radius 1 is 1.09 bits per heavy atom. The Morgan fingerprint density at radius 2 is 1.84 bits per heavy atom. The number of hydrogen-bond donors (Lipinski definition) is 0. The molecule has 1 saturated heterocycles. The van der Waals surface area contributed by atoms with Gasteiger partial charge in [0.2, 0.25) is 5.91 Å². The minimum Gasteiger partial charge on any atom is -0.484 e. The fourth-order valence-electron chi connectivity index (χ4n) is 3.74. The van der Waals surface area contributed by atoms with Gasteiger partial charge in [-0.3, -0.25) is 9.59 Å². The molecule has 4 rings (SSSR count). The Hall–Kier alpha value is -3.26. The second-order valence-corrected chi connectivity index (χ2v) is 8.47. The third kappa shape index (κ3) is 5.13. The summed E-state index contributed by atoms with van der Waals surface area (Å²) < 4.78 is 19.0. The van der Waals surface area contributed by atoms with Crippen LogP contribution in [0.3, 0.4) is 0 Å². The highest BCUT2D eigenvalue weighted by atomic mass is 32.1. The summed E-state index contributed by atoms with van der Waals surface area (Å²) in [5, 5.41) is 2.71. The van der Waals surface area contributed by atoms with Crippen LogP contribution < -0.4 is 4.74 Å². The molecule has 8 heteroatoms. The molecule has 0 spiro atoms. The van der Waals surface area contributed by atoms with Gasteiger partial charge < -0.3 is 14.5 Å². The van der Waals surface area contributed by atoms with Crippen molar-refractivity contribution < 1.29 is 18.7 Å². The van der Waals surface area contributed by atoms with Crippen LogP contribution in [0.5, 0.6) is 5.75 Å². The molecule has 1 unspecified atom stereocenters. The van der Waals surface area contributed by atoms with E-state index >= 15 is 0 Å². The van der Waals surface area contributed by atoms with E-state index in [1.807, 2.05) is 23.6 Å². The first-order chi connectivity index (χ1) is 15.5. The summed E-state index contributed by atoms with van der Waals surface area (Å²) in [7, 11) is 0. The first-order valence-corrected chi connectivity index (χ1v) is 11.3. The van der Waals surface area contributed by atoms with E-state index in [9.17, 15) is 14.0 Å². The number of amides is 2. The zero-order chi connectivity index (χ0) is 22.5. The fourth-order valence-corrected chi connectivity index (χ4v) is 4.71. The smallest absolute Gasteiger partial charge is 0.261 e. The molecular weight excluding hydrogens is 429 g/mol. The summed E-state index contributed by atoms with van der Waals surface area (Å²) in [4.78, 5) is 33.4. The lowest BCUT2D eigenvalue weighted by atomic mass is 10.1. The van der Waals surface area contributed by atoms with Crippen LogP contribution in [0.1, 0.15) is 24.4 Å². The van der Waals surface area contributed by atoms with Crippen molar-refractivity contribution in [1.29, 1.82) is 0 Å². The van der Waals surface area contributed by atoms with Gasteiger partial charge in [0.25, 0.3) is 5.91 Å². The summed E-state index contributed by atoms with van der Waals surface area (Å²) in [5.41, 5.74) is 1.56. The summed E-state index contributed by atoms with van der Waals surface area (Å²) in [6, 6.07) is 15.1. The van der Waals surface area contributed by atoms with Crippen molar-refractivity contribution in [3.05, 3.63) is 70.8 Å². The number of halogens is 1. The van der Waals surface area contributed by atoms with Gasteiger partial charge in [0, 0.05) is 37.5 Å². The number of para-hydroxylation sites is 1. The SMILES string of the molecule is CC(=O)N1CCC(c2nc(-c3ccc(F)cc3)cs2)N(C(=O)COc2ccccc2)CC1. The number of benzene rings is 2. The molecule has 1 fully saturated rings. The van der Waals surface area contributed by atoms with Gasteiger partial charge in [-0.05, 0) is 42.8 Å². The van der Waals surface area contributed by atoms with Gasteiger partial charge in [0.05, 0.1) is 11.7 Å². The molecule has 1 atom stereocenters. The van der Waals surface area contributed by atoms with Gasteiger partial charge in [-0.15, -0.1) is 11.3 Å². The first kappa shape index (κ1) is 22.0. The maximum absolute atomic E-state index is 13.3. The molecule has 2 aromatic carbocycles. The van der Waals surface area contributed by atoms with Crippen LogP contribution in [-0.4, -0.2) is 52.8 Å². The average Bonchev–Trinajstić information content (AvgIpc) is 3.17. The van der Waals surface area contributed by atoms with Crippen molar-refractivity contribution in [2.45, 2.75) is 19.4 Å². The summed E-state index contributed by atoms with van der Waals surface area (Å²) in [5.74, 6) is 0.172. The Morgan fingerprint density at radius 3 is 2.56 bits per heavy atom. The average molecular weight is 454 g/mol. The van der Waals surface area contributed by atoms with E-state index in [1.54, 1.807) is 41.0 Å². The molecule has 1 aliphatic heterocycles. The first-order valence-electron chi connectivity index (χ1n) is 10.5. The molecular formula is C24H24FN3O3S. The molecule has 32 heavy (non-hydrogen) atoms. The number of thiazole rings is 1. The molecule has 2 heterocycles. The largest absolute Gasteiger partial charge is 0.484 e. The van der Waals surface area contributed by atoms with Crippen LogP contribution >= 0.6 is 11.3 Å². The van der Waals surface area contributed by atoms with E-state index in [0.717, 1.165) is 16.3 Å². The zero-order valence-corrected chi connectivity index (χ0v) is 18.6. The molecule has 6 nitrogen and oxygen atoms in total. The third-order valence-electron chi connectivity index (χ3n) is 5.48. The van der Waals surface area contributed by atoms with Crippen LogP contribution in [0.2, 0.25) is 0 Å². The van der Waals surface area contributed by atoms with Crippen molar-refractivity contribution >= 4 is 23.2 Å². The monoisotopic (exact) mass is 453 g/mol. The maximum Gasteiger partial charge on any atom is 0.261 e. The van der Waals surface area contributed by atoms with Crippen molar-refractivity contribution in [3.63, 3.8) is 0 Å². The minimum absolute atomic E-state index is 0.00951. The van der Waals surface area contributed by atoms with Gasteiger partial charge in [0.1, 0.15) is 16.6 Å². The van der Waals surface area contributed by atoms with Crippen molar-refractivity contribution in [1.82, 2.24) is 14.8 Å². The van der Waals surface area contributed by atoms with Crippen molar-refractivity contribution in [2.24, 2.45) is 0 Å². The van der Waals surface area contributed by atoms with E-state index < -0.39 is 0 Å². The van der Waals surface area contributed by atoms with Gasteiger partial charge in [-0.25, -0.2) is 9.37 Å². The lowest BCUT2D eigenvalue weighted by Gasteiger charge is -2.28. The predicted molar refractivity (Wildman–Crippen MR) is 121 cm³/mol. The van der Waals surface area contributed by atoms with E-state index in [0.29, 0.717) is 31.8 Å². The second-order valence-electron chi connectivity index (χ2n) is 7.58. The molecule has 0 saturated carbocycles.